The van der Waals surface area contributed by atoms with E-state index >= 15 is 0 Å². The molecule has 0 amide bonds. The van der Waals surface area contributed by atoms with E-state index in [0.29, 0.717) is 4.67 Å². The minimum atomic E-state index is -0.520. The number of hydrogen-bond donors (Lipinski definition) is 1. The molecule has 108 valence electrons. The Labute approximate surface area is 125 Å². The Morgan fingerprint density at radius 2 is 1.95 bits per heavy atom. The van der Waals surface area contributed by atoms with Crippen molar-refractivity contribution in [2.24, 2.45) is 0 Å². The van der Waals surface area contributed by atoms with Gasteiger partial charge in [-0.2, -0.15) is 0 Å². The molecule has 0 saturated heterocycles. The van der Waals surface area contributed by atoms with Crippen LogP contribution >= 0.6 is 15.9 Å². The van der Waals surface area contributed by atoms with Gasteiger partial charge in [-0.1, -0.05) is 13.0 Å². The van der Waals surface area contributed by atoms with E-state index in [1.807, 2.05) is 6.92 Å². The number of nitrogens with one attached hydrogen (secondary N) is 1. The van der Waals surface area contributed by atoms with E-state index in [4.69, 9.17) is 4.42 Å². The Kier molecular flexibility index (Phi) is 5.31. The second kappa shape index (κ2) is 6.99. The molecule has 2 aromatic rings. The van der Waals surface area contributed by atoms with Gasteiger partial charge >= 0.3 is 0 Å². The van der Waals surface area contributed by atoms with E-state index in [-0.39, 0.29) is 18.0 Å². The van der Waals surface area contributed by atoms with Crippen LogP contribution in [0.4, 0.5) is 8.78 Å². The van der Waals surface area contributed by atoms with Crippen molar-refractivity contribution in [2.45, 2.75) is 25.8 Å². The SMILES string of the molecule is CCCNC(Cc1c(F)cccc1F)c1ccoc1Br. The third-order valence-electron chi connectivity index (χ3n) is 3.13. The van der Waals surface area contributed by atoms with Crippen LogP contribution in [0.25, 0.3) is 0 Å². The summed E-state index contributed by atoms with van der Waals surface area (Å²) in [4.78, 5) is 0. The zero-order chi connectivity index (χ0) is 14.5. The molecule has 0 fully saturated rings. The van der Waals surface area contributed by atoms with Gasteiger partial charge in [0.15, 0.2) is 4.67 Å². The van der Waals surface area contributed by atoms with Crippen LogP contribution < -0.4 is 5.32 Å². The average Bonchev–Trinajstić information content (AvgIpc) is 2.84. The van der Waals surface area contributed by atoms with Crippen molar-refractivity contribution in [3.8, 4) is 0 Å². The summed E-state index contributed by atoms with van der Waals surface area (Å²) in [6.07, 6.45) is 2.72. The van der Waals surface area contributed by atoms with Crippen molar-refractivity contribution in [2.75, 3.05) is 6.54 Å². The average molecular weight is 344 g/mol. The van der Waals surface area contributed by atoms with E-state index in [9.17, 15) is 8.78 Å². The first-order chi connectivity index (χ1) is 9.63. The lowest BCUT2D eigenvalue weighted by atomic mass is 10.00. The zero-order valence-electron chi connectivity index (χ0n) is 11.1. The van der Waals surface area contributed by atoms with Crippen molar-refractivity contribution >= 4 is 15.9 Å². The highest BCUT2D eigenvalue weighted by Crippen LogP contribution is 2.28. The molecule has 0 bridgehead atoms. The van der Waals surface area contributed by atoms with Crippen LogP contribution in [0, 0.1) is 11.6 Å². The fraction of sp³-hybridized carbons (Fsp3) is 0.333. The number of benzene rings is 1. The monoisotopic (exact) mass is 343 g/mol. The fourth-order valence-corrected chi connectivity index (χ4v) is 2.61. The minimum Gasteiger partial charge on any atom is -0.457 e. The van der Waals surface area contributed by atoms with Crippen LogP contribution in [0.2, 0.25) is 0 Å². The highest BCUT2D eigenvalue weighted by Gasteiger charge is 2.20. The van der Waals surface area contributed by atoms with Gasteiger partial charge in [-0.3, -0.25) is 0 Å². The van der Waals surface area contributed by atoms with Crippen LogP contribution in [0.5, 0.6) is 0 Å². The van der Waals surface area contributed by atoms with Crippen LogP contribution in [-0.4, -0.2) is 6.54 Å². The van der Waals surface area contributed by atoms with Crippen LogP contribution in [-0.2, 0) is 6.42 Å². The summed E-state index contributed by atoms with van der Waals surface area (Å²) in [5.74, 6) is -1.04. The molecule has 1 atom stereocenters. The molecule has 1 aromatic heterocycles. The maximum absolute atomic E-state index is 13.8. The van der Waals surface area contributed by atoms with E-state index < -0.39 is 11.6 Å². The molecule has 1 N–H and O–H groups in total. The predicted molar refractivity (Wildman–Crippen MR) is 77.5 cm³/mol. The number of hydrogen-bond acceptors (Lipinski definition) is 2. The predicted octanol–water partition coefficient (Wildman–Crippen LogP) is 4.60. The standard InChI is InChI=1S/C15H16BrF2NO/c1-2-7-19-14(10-6-8-20-15(10)16)9-11-12(17)4-3-5-13(11)18/h3-6,8,14,19H,2,7,9H2,1H3. The van der Waals surface area contributed by atoms with Gasteiger partial charge in [0.05, 0.1) is 6.26 Å². The minimum absolute atomic E-state index is 0.0919. The molecule has 1 unspecified atom stereocenters. The topological polar surface area (TPSA) is 25.2 Å². The Balaban J connectivity index is 2.26. The summed E-state index contributed by atoms with van der Waals surface area (Å²) in [6, 6.07) is 5.53. The fourth-order valence-electron chi connectivity index (χ4n) is 2.10. The van der Waals surface area contributed by atoms with Gasteiger partial charge in [0, 0.05) is 17.2 Å². The molecule has 0 saturated carbocycles. The summed E-state index contributed by atoms with van der Waals surface area (Å²) in [5, 5.41) is 3.29. The Bertz CT molecular complexity index is 551. The van der Waals surface area contributed by atoms with E-state index in [1.54, 1.807) is 12.3 Å². The van der Waals surface area contributed by atoms with Crippen molar-refractivity contribution in [3.05, 3.63) is 58.0 Å². The summed E-state index contributed by atoms with van der Waals surface area (Å²) < 4.78 is 33.3. The molecule has 5 heteroatoms. The van der Waals surface area contributed by atoms with Gasteiger partial charge in [0.2, 0.25) is 0 Å². The second-order valence-corrected chi connectivity index (χ2v) is 5.28. The number of halogens is 3. The molecular weight excluding hydrogens is 328 g/mol. The molecule has 0 aliphatic carbocycles. The van der Waals surface area contributed by atoms with Crippen LogP contribution in [0.1, 0.15) is 30.5 Å². The highest BCUT2D eigenvalue weighted by atomic mass is 79.9. The van der Waals surface area contributed by atoms with Gasteiger partial charge < -0.3 is 9.73 Å². The van der Waals surface area contributed by atoms with Crippen LogP contribution in [0.3, 0.4) is 0 Å². The quantitative estimate of drug-likeness (QED) is 0.828. The van der Waals surface area contributed by atoms with Crippen LogP contribution in [0.15, 0.2) is 39.6 Å². The van der Waals surface area contributed by atoms with E-state index in [0.717, 1.165) is 18.5 Å². The van der Waals surface area contributed by atoms with Gasteiger partial charge in [-0.15, -0.1) is 0 Å². The summed E-state index contributed by atoms with van der Waals surface area (Å²) in [6.45, 7) is 2.80. The lowest BCUT2D eigenvalue weighted by molar-refractivity contribution is 0.476. The number of furan rings is 1. The van der Waals surface area contributed by atoms with Crippen molar-refractivity contribution < 1.29 is 13.2 Å². The van der Waals surface area contributed by atoms with Gasteiger partial charge in [0.25, 0.3) is 0 Å². The molecule has 2 rings (SSSR count). The van der Waals surface area contributed by atoms with Gasteiger partial charge in [-0.05, 0) is 53.5 Å². The zero-order valence-corrected chi connectivity index (χ0v) is 12.7. The first-order valence-corrected chi connectivity index (χ1v) is 7.32. The maximum Gasteiger partial charge on any atom is 0.173 e. The molecule has 0 aliphatic rings. The second-order valence-electron chi connectivity index (χ2n) is 4.56. The Morgan fingerprint density at radius 3 is 2.50 bits per heavy atom. The Hall–Kier alpha value is -1.20. The Morgan fingerprint density at radius 1 is 1.25 bits per heavy atom. The maximum atomic E-state index is 13.8. The molecule has 1 heterocycles. The normalized spacial score (nSPS) is 12.6. The third kappa shape index (κ3) is 3.46. The number of rotatable bonds is 6. The molecule has 0 radical (unpaired) electrons. The van der Waals surface area contributed by atoms with Crippen molar-refractivity contribution in [1.82, 2.24) is 5.32 Å². The molecular formula is C15H16BrF2NO. The lowest BCUT2D eigenvalue weighted by Gasteiger charge is -2.18. The first kappa shape index (κ1) is 15.2. The smallest absolute Gasteiger partial charge is 0.173 e. The van der Waals surface area contributed by atoms with Crippen molar-refractivity contribution in [1.29, 1.82) is 0 Å². The first-order valence-electron chi connectivity index (χ1n) is 6.52. The lowest BCUT2D eigenvalue weighted by Crippen LogP contribution is -2.24. The third-order valence-corrected chi connectivity index (χ3v) is 3.78. The molecule has 2 nitrogen and oxygen atoms in total. The van der Waals surface area contributed by atoms with Gasteiger partial charge in [-0.25, -0.2) is 8.78 Å². The van der Waals surface area contributed by atoms with Gasteiger partial charge in [0.1, 0.15) is 11.6 Å². The summed E-state index contributed by atoms with van der Waals surface area (Å²) in [5.41, 5.74) is 0.954. The summed E-state index contributed by atoms with van der Waals surface area (Å²) in [7, 11) is 0. The summed E-state index contributed by atoms with van der Waals surface area (Å²) >= 11 is 3.32. The van der Waals surface area contributed by atoms with Crippen molar-refractivity contribution in [3.63, 3.8) is 0 Å². The molecule has 0 aliphatic heterocycles. The molecule has 1 aromatic carbocycles. The molecule has 20 heavy (non-hydrogen) atoms. The van der Waals surface area contributed by atoms with E-state index in [1.165, 1.54) is 18.2 Å². The molecule has 0 spiro atoms. The largest absolute Gasteiger partial charge is 0.457 e. The highest BCUT2D eigenvalue weighted by molar-refractivity contribution is 9.10. The van der Waals surface area contributed by atoms with E-state index in [2.05, 4.69) is 21.2 Å².